The molecule has 0 spiro atoms. The summed E-state index contributed by atoms with van der Waals surface area (Å²) in [5.74, 6) is -0.0537. The molecule has 7 heteroatoms. The first kappa shape index (κ1) is 33.0. The molecule has 0 radical (unpaired) electrons. The van der Waals surface area contributed by atoms with Crippen LogP contribution in [0, 0.1) is 26.2 Å². The van der Waals surface area contributed by atoms with E-state index in [4.69, 9.17) is 14.5 Å². The number of nitrogens with zero attached hydrogens (tertiary/aromatic N) is 3. The lowest BCUT2D eigenvalue weighted by atomic mass is 9.81. The van der Waals surface area contributed by atoms with E-state index in [1.54, 1.807) is 7.11 Å². The molecular weight excluding hydrogens is 562 g/mol. The van der Waals surface area contributed by atoms with E-state index >= 15 is 0 Å². The minimum atomic E-state index is -1.12. The third-order valence-corrected chi connectivity index (χ3v) is 9.43. The number of carbonyl (C=O) groups is 1. The van der Waals surface area contributed by atoms with Crippen LogP contribution in [-0.2, 0) is 29.0 Å². The zero-order valence-corrected chi connectivity index (χ0v) is 28.7. The van der Waals surface area contributed by atoms with Gasteiger partial charge in [-0.25, -0.2) is 4.79 Å². The van der Waals surface area contributed by atoms with Gasteiger partial charge in [-0.1, -0.05) is 44.2 Å². The van der Waals surface area contributed by atoms with E-state index in [0.717, 1.165) is 85.8 Å². The minimum absolute atomic E-state index is 0.253. The van der Waals surface area contributed by atoms with Crippen molar-refractivity contribution in [2.24, 2.45) is 5.41 Å². The van der Waals surface area contributed by atoms with Gasteiger partial charge in [0.25, 0.3) is 0 Å². The number of methoxy groups -OCH3 is 1. The molecule has 242 valence electrons. The second-order valence-electron chi connectivity index (χ2n) is 14.8. The van der Waals surface area contributed by atoms with Gasteiger partial charge in [0.05, 0.1) is 18.4 Å². The highest BCUT2D eigenvalue weighted by Crippen LogP contribution is 2.45. The number of fused-ring (bicyclic) bond motifs is 1. The number of aromatic nitrogens is 1. The minimum Gasteiger partial charge on any atom is -0.496 e. The van der Waals surface area contributed by atoms with Crippen molar-refractivity contribution in [2.45, 2.75) is 99.4 Å². The number of anilines is 1. The molecule has 1 aromatic heterocycles. The third-order valence-electron chi connectivity index (χ3n) is 9.43. The van der Waals surface area contributed by atoms with Crippen molar-refractivity contribution in [3.8, 4) is 16.9 Å². The smallest absolute Gasteiger partial charge is 0.337 e. The number of carboxylic acids is 1. The number of benzene rings is 2. The van der Waals surface area contributed by atoms with Crippen molar-refractivity contribution in [1.82, 2.24) is 9.88 Å². The number of aliphatic carboxylic acids is 1. The molecule has 2 aromatic carbocycles. The Labute approximate surface area is 269 Å². The molecule has 1 atom stereocenters. The first-order valence-corrected chi connectivity index (χ1v) is 16.3. The second kappa shape index (κ2) is 12.8. The van der Waals surface area contributed by atoms with E-state index in [0.29, 0.717) is 11.3 Å². The maximum atomic E-state index is 12.8. The van der Waals surface area contributed by atoms with Gasteiger partial charge in [0.2, 0.25) is 0 Å². The van der Waals surface area contributed by atoms with Gasteiger partial charge < -0.3 is 19.5 Å². The number of hydrogen-bond acceptors (Lipinski definition) is 6. The highest BCUT2D eigenvalue weighted by Gasteiger charge is 2.36. The van der Waals surface area contributed by atoms with Crippen LogP contribution < -0.4 is 9.64 Å². The van der Waals surface area contributed by atoms with E-state index in [2.05, 4.69) is 73.9 Å². The SMILES string of the molecule is COc1cc(CN2CCc3cc(-c4c(C)nc(C)c([C@H](OC(C)(C)C)C(=O)O)c4N4CCC(C)(C)CC4)ccc3C2)ccc1C. The molecule has 1 fully saturated rings. The van der Waals surface area contributed by atoms with Crippen molar-refractivity contribution >= 4 is 11.7 Å². The summed E-state index contributed by atoms with van der Waals surface area (Å²) in [6.45, 7) is 20.9. The van der Waals surface area contributed by atoms with Crippen molar-refractivity contribution in [3.05, 3.63) is 75.6 Å². The first-order valence-electron chi connectivity index (χ1n) is 16.3. The van der Waals surface area contributed by atoms with Crippen LogP contribution in [0.3, 0.4) is 0 Å². The van der Waals surface area contributed by atoms with Crippen molar-refractivity contribution in [1.29, 1.82) is 0 Å². The Morgan fingerprint density at radius 3 is 2.36 bits per heavy atom. The van der Waals surface area contributed by atoms with Gasteiger partial charge in [-0.15, -0.1) is 0 Å². The largest absolute Gasteiger partial charge is 0.496 e. The van der Waals surface area contributed by atoms with Crippen LogP contribution in [0.15, 0.2) is 36.4 Å². The average molecular weight is 614 g/mol. The highest BCUT2D eigenvalue weighted by molar-refractivity contribution is 5.88. The summed E-state index contributed by atoms with van der Waals surface area (Å²) < 4.78 is 11.8. The maximum Gasteiger partial charge on any atom is 0.337 e. The molecular formula is C38H51N3O4. The third kappa shape index (κ3) is 7.36. The fourth-order valence-electron chi connectivity index (χ4n) is 6.88. The highest BCUT2D eigenvalue weighted by atomic mass is 16.5. The van der Waals surface area contributed by atoms with Crippen LogP contribution in [0.1, 0.15) is 92.8 Å². The van der Waals surface area contributed by atoms with Gasteiger partial charge in [-0.3, -0.25) is 9.88 Å². The first-order chi connectivity index (χ1) is 21.2. The van der Waals surface area contributed by atoms with Crippen LogP contribution in [0.4, 0.5) is 5.69 Å². The van der Waals surface area contributed by atoms with Crippen LogP contribution in [0.2, 0.25) is 0 Å². The van der Waals surface area contributed by atoms with Gasteiger partial charge in [0, 0.05) is 55.2 Å². The predicted octanol–water partition coefficient (Wildman–Crippen LogP) is 7.81. The molecule has 3 aromatic rings. The molecule has 1 saturated heterocycles. The summed E-state index contributed by atoms with van der Waals surface area (Å²) in [4.78, 5) is 22.7. The molecule has 2 aliphatic rings. The van der Waals surface area contributed by atoms with Gasteiger partial charge in [-0.2, -0.15) is 0 Å². The Morgan fingerprint density at radius 2 is 1.71 bits per heavy atom. The number of rotatable bonds is 8. The van der Waals surface area contributed by atoms with E-state index in [1.165, 1.54) is 16.7 Å². The summed E-state index contributed by atoms with van der Waals surface area (Å²) in [5, 5.41) is 10.5. The molecule has 0 bridgehead atoms. The topological polar surface area (TPSA) is 75.1 Å². The van der Waals surface area contributed by atoms with Crippen LogP contribution in [-0.4, -0.2) is 53.3 Å². The Morgan fingerprint density at radius 1 is 1.00 bits per heavy atom. The van der Waals surface area contributed by atoms with Crippen molar-refractivity contribution < 1.29 is 19.4 Å². The quantitative estimate of drug-likeness (QED) is 0.278. The molecule has 1 N–H and O–H groups in total. The predicted molar refractivity (Wildman–Crippen MR) is 181 cm³/mol. The fourth-order valence-corrected chi connectivity index (χ4v) is 6.88. The molecule has 2 aliphatic heterocycles. The summed E-state index contributed by atoms with van der Waals surface area (Å²) >= 11 is 0. The molecule has 0 saturated carbocycles. The number of hydrogen-bond donors (Lipinski definition) is 1. The zero-order chi connectivity index (χ0) is 32.7. The Bertz CT molecular complexity index is 1560. The van der Waals surface area contributed by atoms with E-state index in [9.17, 15) is 9.90 Å². The Kier molecular flexibility index (Phi) is 9.35. The average Bonchev–Trinajstić information content (AvgIpc) is 2.96. The van der Waals surface area contributed by atoms with Gasteiger partial charge in [0.1, 0.15) is 5.75 Å². The number of ether oxygens (including phenoxy) is 2. The zero-order valence-electron chi connectivity index (χ0n) is 28.7. The van der Waals surface area contributed by atoms with E-state index < -0.39 is 17.7 Å². The van der Waals surface area contributed by atoms with Crippen LogP contribution in [0.25, 0.3) is 11.1 Å². The number of carboxylic acid groups (broad SMARTS) is 1. The second-order valence-corrected chi connectivity index (χ2v) is 14.8. The summed E-state index contributed by atoms with van der Waals surface area (Å²) in [7, 11) is 1.73. The number of aryl methyl sites for hydroxylation is 3. The normalized spacial score (nSPS) is 17.6. The molecule has 45 heavy (non-hydrogen) atoms. The maximum absolute atomic E-state index is 12.8. The monoisotopic (exact) mass is 613 g/mol. The fraction of sp³-hybridized carbons (Fsp3) is 0.526. The summed E-state index contributed by atoms with van der Waals surface area (Å²) in [6, 6.07) is 13.3. The molecule has 7 nitrogen and oxygen atoms in total. The molecule has 0 unspecified atom stereocenters. The van der Waals surface area contributed by atoms with Crippen molar-refractivity contribution in [2.75, 3.05) is 31.6 Å². The van der Waals surface area contributed by atoms with Crippen LogP contribution in [0.5, 0.6) is 5.75 Å². The Balaban J connectivity index is 1.54. The lowest BCUT2D eigenvalue weighted by Crippen LogP contribution is -2.39. The van der Waals surface area contributed by atoms with Crippen LogP contribution >= 0.6 is 0 Å². The Hall–Kier alpha value is -3.42. The lowest BCUT2D eigenvalue weighted by molar-refractivity contribution is -0.160. The number of pyridine rings is 1. The van der Waals surface area contributed by atoms with E-state index in [-0.39, 0.29) is 5.41 Å². The van der Waals surface area contributed by atoms with E-state index in [1.807, 2.05) is 27.7 Å². The van der Waals surface area contributed by atoms with Gasteiger partial charge >= 0.3 is 5.97 Å². The van der Waals surface area contributed by atoms with Gasteiger partial charge in [-0.05, 0) is 100 Å². The lowest BCUT2D eigenvalue weighted by Gasteiger charge is -2.41. The molecule has 0 amide bonds. The summed E-state index contributed by atoms with van der Waals surface area (Å²) in [5.41, 5.74) is 10.1. The molecule has 3 heterocycles. The molecule has 5 rings (SSSR count). The van der Waals surface area contributed by atoms with Crippen molar-refractivity contribution in [3.63, 3.8) is 0 Å². The summed E-state index contributed by atoms with van der Waals surface area (Å²) in [6.07, 6.45) is 1.91. The number of piperidine rings is 1. The standard InChI is InChI=1S/C38H51N3O4/c1-24-10-11-27(20-31(24)44-9)22-40-17-14-28-21-29(12-13-30(28)23-40)32-25(2)39-26(3)33(35(36(42)43)45-37(4,5)6)34(32)41-18-15-38(7,8)16-19-41/h10-13,20-21,35H,14-19,22-23H2,1-9H3,(H,42,43)/t35-/m0/s1. The van der Waals surface area contributed by atoms with Gasteiger partial charge in [0.15, 0.2) is 6.10 Å². The molecule has 0 aliphatic carbocycles.